The molecule has 0 saturated heterocycles. The number of halogens is 4. The molecule has 0 spiro atoms. The summed E-state index contributed by atoms with van der Waals surface area (Å²) >= 11 is 6.08. The van der Waals surface area contributed by atoms with Crippen molar-refractivity contribution in [2.75, 3.05) is 11.9 Å². The van der Waals surface area contributed by atoms with E-state index in [2.05, 4.69) is 20.7 Å². The molecule has 8 nitrogen and oxygen atoms in total. The van der Waals surface area contributed by atoms with Crippen LogP contribution in [0.4, 0.5) is 18.9 Å². The van der Waals surface area contributed by atoms with Crippen molar-refractivity contribution in [3.63, 3.8) is 0 Å². The first-order valence-corrected chi connectivity index (χ1v) is 12.3. The fourth-order valence-corrected chi connectivity index (χ4v) is 4.37. The lowest BCUT2D eigenvalue weighted by molar-refractivity contribution is -0.137. The Bertz CT molecular complexity index is 1480. The standard InChI is InChI=1S/C26H27ClF3N7O/c1-15-7-8-18(11-23(15)37-14-22(34-35-37)20-13-32-36(3)16(20)2)25(38)33-19-10-17(6-4-5-9-31)24(27)21(12-19)26(28,29)30/h7-8,10-14H,4-6,9,31H2,1-3H3,(H,33,38). The van der Waals surface area contributed by atoms with E-state index in [0.29, 0.717) is 42.8 Å². The van der Waals surface area contributed by atoms with Gasteiger partial charge in [0.05, 0.1) is 28.7 Å². The molecule has 3 N–H and O–H groups in total. The van der Waals surface area contributed by atoms with Gasteiger partial charge in [-0.1, -0.05) is 22.9 Å². The third-order valence-electron chi connectivity index (χ3n) is 6.33. The summed E-state index contributed by atoms with van der Waals surface area (Å²) in [4.78, 5) is 13.1. The maximum atomic E-state index is 13.7. The van der Waals surface area contributed by atoms with Gasteiger partial charge in [-0.3, -0.25) is 9.48 Å². The number of unbranched alkanes of at least 4 members (excludes halogenated alkanes) is 1. The number of carbonyl (C=O) groups is 1. The number of alkyl halides is 3. The predicted molar refractivity (Wildman–Crippen MR) is 139 cm³/mol. The fourth-order valence-electron chi connectivity index (χ4n) is 4.06. The molecule has 0 saturated carbocycles. The van der Waals surface area contributed by atoms with Gasteiger partial charge in [-0.15, -0.1) is 5.10 Å². The summed E-state index contributed by atoms with van der Waals surface area (Å²) in [5.41, 5.74) is 8.87. The summed E-state index contributed by atoms with van der Waals surface area (Å²) < 4.78 is 44.2. The smallest absolute Gasteiger partial charge is 0.330 e. The maximum absolute atomic E-state index is 13.7. The zero-order valence-electron chi connectivity index (χ0n) is 21.1. The number of hydrogen-bond acceptors (Lipinski definition) is 5. The van der Waals surface area contributed by atoms with Crippen LogP contribution in [0.2, 0.25) is 5.02 Å². The Labute approximate surface area is 222 Å². The molecule has 2 heterocycles. The number of benzene rings is 2. The Morgan fingerprint density at radius 3 is 2.58 bits per heavy atom. The van der Waals surface area contributed by atoms with E-state index in [4.69, 9.17) is 17.3 Å². The van der Waals surface area contributed by atoms with Gasteiger partial charge in [0.15, 0.2) is 0 Å². The predicted octanol–water partition coefficient (Wildman–Crippen LogP) is 5.49. The Balaban J connectivity index is 1.63. The minimum atomic E-state index is -4.67. The number of amides is 1. The topological polar surface area (TPSA) is 104 Å². The Morgan fingerprint density at radius 1 is 1.16 bits per heavy atom. The summed E-state index contributed by atoms with van der Waals surface area (Å²) in [6, 6.07) is 7.27. The van der Waals surface area contributed by atoms with Crippen molar-refractivity contribution in [1.82, 2.24) is 24.8 Å². The minimum Gasteiger partial charge on any atom is -0.330 e. The van der Waals surface area contributed by atoms with E-state index in [-0.39, 0.29) is 16.3 Å². The van der Waals surface area contributed by atoms with Crippen LogP contribution in [-0.2, 0) is 19.6 Å². The van der Waals surface area contributed by atoms with Crippen molar-refractivity contribution in [2.24, 2.45) is 12.8 Å². The highest BCUT2D eigenvalue weighted by Gasteiger charge is 2.34. The first-order chi connectivity index (χ1) is 18.0. The number of nitrogens with two attached hydrogens (primary N) is 1. The van der Waals surface area contributed by atoms with Gasteiger partial charge >= 0.3 is 6.18 Å². The van der Waals surface area contributed by atoms with Crippen molar-refractivity contribution in [2.45, 2.75) is 39.3 Å². The average Bonchev–Trinajstić information content (AvgIpc) is 3.47. The Kier molecular flexibility index (Phi) is 7.89. The Hall–Kier alpha value is -3.70. The van der Waals surface area contributed by atoms with Gasteiger partial charge in [0.1, 0.15) is 5.69 Å². The molecule has 0 bridgehead atoms. The van der Waals surface area contributed by atoms with Gasteiger partial charge in [0, 0.05) is 29.6 Å². The zero-order chi connectivity index (χ0) is 27.6. The van der Waals surface area contributed by atoms with Gasteiger partial charge < -0.3 is 11.1 Å². The average molecular weight is 546 g/mol. The molecule has 0 aliphatic rings. The quantitative estimate of drug-likeness (QED) is 0.285. The molecular formula is C26H27ClF3N7O. The monoisotopic (exact) mass is 545 g/mol. The van der Waals surface area contributed by atoms with E-state index in [0.717, 1.165) is 22.9 Å². The van der Waals surface area contributed by atoms with Crippen LogP contribution < -0.4 is 11.1 Å². The van der Waals surface area contributed by atoms with E-state index in [9.17, 15) is 18.0 Å². The van der Waals surface area contributed by atoms with Crippen LogP contribution in [0.5, 0.6) is 0 Å². The molecule has 0 radical (unpaired) electrons. The van der Waals surface area contributed by atoms with Crippen molar-refractivity contribution in [3.05, 3.63) is 75.7 Å². The number of aryl methyl sites for hydroxylation is 3. The molecular weight excluding hydrogens is 519 g/mol. The third kappa shape index (κ3) is 5.73. The number of aromatic nitrogens is 5. The third-order valence-corrected chi connectivity index (χ3v) is 6.78. The molecule has 4 rings (SSSR count). The van der Waals surface area contributed by atoms with E-state index >= 15 is 0 Å². The highest BCUT2D eigenvalue weighted by atomic mass is 35.5. The van der Waals surface area contributed by atoms with Gasteiger partial charge in [-0.2, -0.15) is 18.3 Å². The second-order valence-electron chi connectivity index (χ2n) is 9.01. The molecule has 12 heteroatoms. The normalized spacial score (nSPS) is 11.7. The van der Waals surface area contributed by atoms with Crippen LogP contribution in [0.15, 0.2) is 42.7 Å². The summed E-state index contributed by atoms with van der Waals surface area (Å²) in [5, 5.41) is 14.9. The summed E-state index contributed by atoms with van der Waals surface area (Å²) in [6.07, 6.45) is 0.287. The maximum Gasteiger partial charge on any atom is 0.417 e. The molecule has 0 aliphatic heterocycles. The van der Waals surface area contributed by atoms with Crippen molar-refractivity contribution in [3.8, 4) is 16.9 Å². The molecule has 2 aromatic carbocycles. The van der Waals surface area contributed by atoms with Crippen LogP contribution in [0, 0.1) is 13.8 Å². The lowest BCUT2D eigenvalue weighted by Crippen LogP contribution is -2.15. The second-order valence-corrected chi connectivity index (χ2v) is 9.39. The SMILES string of the molecule is Cc1ccc(C(=O)Nc2cc(CCCCN)c(Cl)c(C(F)(F)F)c2)cc1-n1cc(-c2cnn(C)c2C)nn1. The summed E-state index contributed by atoms with van der Waals surface area (Å²) in [6.45, 7) is 4.20. The molecule has 0 fully saturated rings. The molecule has 38 heavy (non-hydrogen) atoms. The number of rotatable bonds is 8. The van der Waals surface area contributed by atoms with Crippen molar-refractivity contribution < 1.29 is 18.0 Å². The number of carbonyl (C=O) groups excluding carboxylic acids is 1. The highest BCUT2D eigenvalue weighted by Crippen LogP contribution is 2.39. The van der Waals surface area contributed by atoms with Gasteiger partial charge in [0.2, 0.25) is 0 Å². The first-order valence-electron chi connectivity index (χ1n) is 11.9. The number of anilines is 1. The van der Waals surface area contributed by atoms with Crippen LogP contribution in [-0.4, -0.2) is 37.2 Å². The van der Waals surface area contributed by atoms with Crippen LogP contribution in [0.1, 0.15) is 45.6 Å². The molecule has 2 aromatic heterocycles. The van der Waals surface area contributed by atoms with Crippen LogP contribution >= 0.6 is 11.6 Å². The van der Waals surface area contributed by atoms with Crippen molar-refractivity contribution in [1.29, 1.82) is 0 Å². The number of nitrogens with one attached hydrogen (secondary N) is 1. The largest absolute Gasteiger partial charge is 0.417 e. The first kappa shape index (κ1) is 27.3. The van der Waals surface area contributed by atoms with Gasteiger partial charge in [0.25, 0.3) is 5.91 Å². The van der Waals surface area contributed by atoms with Crippen molar-refractivity contribution >= 4 is 23.2 Å². The lowest BCUT2D eigenvalue weighted by atomic mass is 10.0. The molecule has 4 aromatic rings. The molecule has 1 amide bonds. The van der Waals surface area contributed by atoms with E-state index in [1.807, 2.05) is 20.9 Å². The zero-order valence-corrected chi connectivity index (χ0v) is 21.9. The van der Waals surface area contributed by atoms with E-state index in [1.54, 1.807) is 40.0 Å². The van der Waals surface area contributed by atoms with Gasteiger partial charge in [-0.05, 0) is 75.0 Å². The minimum absolute atomic E-state index is 0.00620. The molecule has 0 atom stereocenters. The van der Waals surface area contributed by atoms with Crippen LogP contribution in [0.3, 0.4) is 0 Å². The van der Waals surface area contributed by atoms with E-state index in [1.165, 1.54) is 6.07 Å². The van der Waals surface area contributed by atoms with E-state index < -0.39 is 17.6 Å². The Morgan fingerprint density at radius 2 is 1.92 bits per heavy atom. The molecule has 200 valence electrons. The lowest BCUT2D eigenvalue weighted by Gasteiger charge is -2.16. The molecule has 0 unspecified atom stereocenters. The summed E-state index contributed by atoms with van der Waals surface area (Å²) in [5.74, 6) is -0.571. The summed E-state index contributed by atoms with van der Waals surface area (Å²) in [7, 11) is 1.83. The van der Waals surface area contributed by atoms with Crippen LogP contribution in [0.25, 0.3) is 16.9 Å². The fraction of sp³-hybridized carbons (Fsp3) is 0.308. The second kappa shape index (κ2) is 11.0. The molecule has 0 aliphatic carbocycles. The number of nitrogens with zero attached hydrogens (tertiary/aromatic N) is 5. The highest BCUT2D eigenvalue weighted by molar-refractivity contribution is 6.32. The van der Waals surface area contributed by atoms with Gasteiger partial charge in [-0.25, -0.2) is 4.68 Å². The number of hydrogen-bond donors (Lipinski definition) is 2.